The van der Waals surface area contributed by atoms with Gasteiger partial charge in [-0.05, 0) is 18.6 Å². The van der Waals surface area contributed by atoms with Crippen molar-refractivity contribution in [3.63, 3.8) is 0 Å². The van der Waals surface area contributed by atoms with Gasteiger partial charge in [-0.15, -0.1) is 0 Å². The first kappa shape index (κ1) is 14.4. The van der Waals surface area contributed by atoms with Crippen LogP contribution in [-0.2, 0) is 0 Å². The molecule has 3 heteroatoms. The number of hydrogen-bond acceptors (Lipinski definition) is 3. The third kappa shape index (κ3) is 3.87. The van der Waals surface area contributed by atoms with Crippen molar-refractivity contribution in [1.82, 2.24) is 4.98 Å². The summed E-state index contributed by atoms with van der Waals surface area (Å²) < 4.78 is 0. The monoisotopic (exact) mass is 219 g/mol. The first-order chi connectivity index (χ1) is 7.69. The molecule has 16 heavy (non-hydrogen) atoms. The van der Waals surface area contributed by atoms with Gasteiger partial charge in [0.2, 0.25) is 0 Å². The van der Waals surface area contributed by atoms with Crippen molar-refractivity contribution in [1.29, 1.82) is 0 Å². The molecule has 0 saturated carbocycles. The normalized spacial score (nSPS) is 8.75. The van der Waals surface area contributed by atoms with E-state index in [1.807, 2.05) is 32.9 Å². The minimum atomic E-state index is 0.390. The first-order valence-corrected chi connectivity index (χ1v) is 5.41. The summed E-state index contributed by atoms with van der Waals surface area (Å²) in [5, 5.41) is 0. The van der Waals surface area contributed by atoms with Crippen LogP contribution in [0.4, 0.5) is 5.82 Å². The van der Waals surface area contributed by atoms with Gasteiger partial charge in [0.1, 0.15) is 5.82 Å². The van der Waals surface area contributed by atoms with Gasteiger partial charge in [-0.3, -0.25) is 0 Å². The average Bonchev–Trinajstić information content (AvgIpc) is 2.34. The second-order valence-corrected chi connectivity index (χ2v) is 3.02. The van der Waals surface area contributed by atoms with Gasteiger partial charge in [-0.2, -0.15) is 0 Å². The van der Waals surface area contributed by atoms with Gasteiger partial charge in [0.25, 0.3) is 0 Å². The van der Waals surface area contributed by atoms with E-state index < -0.39 is 0 Å². The predicted octanol–water partition coefficient (Wildman–Crippen LogP) is 2.84. The van der Waals surface area contributed by atoms with E-state index in [0.717, 1.165) is 17.1 Å². The number of pyridine rings is 1. The lowest BCUT2D eigenvalue weighted by atomic mass is 10.3. The molecule has 0 amide bonds. The standard InChI is InChI=1S/C11H15N3.C2H6/c1-4-14(10(3)7-12)11-6-5-9(2)8-13-11;1-2/h4-6,8H,1,3,7,12H2,2H3;1-2H3. The van der Waals surface area contributed by atoms with Gasteiger partial charge < -0.3 is 10.6 Å². The molecular weight excluding hydrogens is 198 g/mol. The summed E-state index contributed by atoms with van der Waals surface area (Å²) in [5.74, 6) is 0.793. The van der Waals surface area contributed by atoms with Crippen LogP contribution in [0.5, 0.6) is 0 Å². The highest BCUT2D eigenvalue weighted by molar-refractivity contribution is 5.49. The fourth-order valence-corrected chi connectivity index (χ4v) is 1.09. The zero-order valence-electron chi connectivity index (χ0n) is 10.4. The number of anilines is 1. The zero-order chi connectivity index (χ0) is 12.6. The molecule has 0 aliphatic heterocycles. The molecule has 0 fully saturated rings. The Morgan fingerprint density at radius 2 is 2.12 bits per heavy atom. The Morgan fingerprint density at radius 3 is 2.50 bits per heavy atom. The topological polar surface area (TPSA) is 42.1 Å². The van der Waals surface area contributed by atoms with Crippen molar-refractivity contribution in [3.05, 3.63) is 48.9 Å². The highest BCUT2D eigenvalue weighted by atomic mass is 15.2. The molecule has 0 aliphatic rings. The minimum absolute atomic E-state index is 0.390. The van der Waals surface area contributed by atoms with Crippen LogP contribution in [0.15, 0.2) is 43.4 Å². The van der Waals surface area contributed by atoms with Crippen molar-refractivity contribution in [2.24, 2.45) is 5.73 Å². The number of aromatic nitrogens is 1. The van der Waals surface area contributed by atoms with Crippen LogP contribution in [0.1, 0.15) is 19.4 Å². The molecule has 1 aromatic rings. The third-order valence-corrected chi connectivity index (χ3v) is 1.90. The summed E-state index contributed by atoms with van der Waals surface area (Å²) >= 11 is 0. The van der Waals surface area contributed by atoms with Crippen LogP contribution >= 0.6 is 0 Å². The van der Waals surface area contributed by atoms with E-state index in [1.54, 1.807) is 17.3 Å². The van der Waals surface area contributed by atoms with Crippen LogP contribution in [0, 0.1) is 6.92 Å². The summed E-state index contributed by atoms with van der Waals surface area (Å²) in [5.41, 5.74) is 7.39. The van der Waals surface area contributed by atoms with Crippen LogP contribution in [0.25, 0.3) is 0 Å². The summed E-state index contributed by atoms with van der Waals surface area (Å²) in [4.78, 5) is 6.03. The number of hydrogen-bond donors (Lipinski definition) is 1. The van der Waals surface area contributed by atoms with E-state index in [4.69, 9.17) is 5.73 Å². The fraction of sp³-hybridized carbons (Fsp3) is 0.308. The zero-order valence-corrected chi connectivity index (χ0v) is 10.4. The number of nitrogens with two attached hydrogens (primary N) is 1. The van der Waals surface area contributed by atoms with Crippen molar-refractivity contribution in [3.8, 4) is 0 Å². The van der Waals surface area contributed by atoms with E-state index in [1.165, 1.54) is 0 Å². The van der Waals surface area contributed by atoms with Gasteiger partial charge >= 0.3 is 0 Å². The summed E-state index contributed by atoms with van der Waals surface area (Å²) in [6.07, 6.45) is 3.46. The maximum atomic E-state index is 5.50. The Kier molecular flexibility index (Phi) is 6.88. The van der Waals surface area contributed by atoms with E-state index in [9.17, 15) is 0 Å². The fourth-order valence-electron chi connectivity index (χ4n) is 1.09. The molecule has 0 aliphatic carbocycles. The number of aryl methyl sites for hydroxylation is 1. The van der Waals surface area contributed by atoms with Crippen molar-refractivity contribution < 1.29 is 0 Å². The Labute approximate surface area is 98.3 Å². The van der Waals surface area contributed by atoms with Crippen LogP contribution in [0.2, 0.25) is 0 Å². The second kappa shape index (κ2) is 7.65. The SMILES string of the molecule is C=CN(C(=C)CN)c1ccc(C)cn1.CC. The average molecular weight is 219 g/mol. The molecule has 3 nitrogen and oxygen atoms in total. The molecule has 0 saturated heterocycles. The highest BCUT2D eigenvalue weighted by Crippen LogP contribution is 2.15. The number of nitrogens with zero attached hydrogens (tertiary/aromatic N) is 2. The predicted molar refractivity (Wildman–Crippen MR) is 71.2 cm³/mol. The molecule has 1 aromatic heterocycles. The first-order valence-electron chi connectivity index (χ1n) is 5.41. The lowest BCUT2D eigenvalue weighted by molar-refractivity contribution is 1.02. The summed E-state index contributed by atoms with van der Waals surface area (Å²) in [7, 11) is 0. The lowest BCUT2D eigenvalue weighted by Gasteiger charge is -2.20. The Hall–Kier alpha value is -1.61. The van der Waals surface area contributed by atoms with E-state index in [-0.39, 0.29) is 0 Å². The largest absolute Gasteiger partial charge is 0.325 e. The summed E-state index contributed by atoms with van der Waals surface area (Å²) in [6, 6.07) is 3.90. The van der Waals surface area contributed by atoms with Gasteiger partial charge in [-0.25, -0.2) is 4.98 Å². The smallest absolute Gasteiger partial charge is 0.136 e. The molecule has 0 bridgehead atoms. The molecular formula is C13H21N3. The summed E-state index contributed by atoms with van der Waals surface area (Å²) in [6.45, 7) is 13.9. The van der Waals surface area contributed by atoms with Crippen LogP contribution < -0.4 is 10.6 Å². The highest BCUT2D eigenvalue weighted by Gasteiger charge is 2.05. The third-order valence-electron chi connectivity index (χ3n) is 1.90. The molecule has 1 rings (SSSR count). The van der Waals surface area contributed by atoms with Crippen LogP contribution in [0.3, 0.4) is 0 Å². The van der Waals surface area contributed by atoms with E-state index in [2.05, 4.69) is 18.1 Å². The van der Waals surface area contributed by atoms with Gasteiger partial charge in [0.05, 0.1) is 0 Å². The molecule has 0 spiro atoms. The molecule has 2 N–H and O–H groups in total. The minimum Gasteiger partial charge on any atom is -0.325 e. The van der Waals surface area contributed by atoms with Gasteiger partial charge in [0, 0.05) is 24.6 Å². The molecule has 0 aromatic carbocycles. The van der Waals surface area contributed by atoms with Crippen molar-refractivity contribution in [2.45, 2.75) is 20.8 Å². The molecule has 0 atom stereocenters. The van der Waals surface area contributed by atoms with Crippen molar-refractivity contribution in [2.75, 3.05) is 11.4 Å². The van der Waals surface area contributed by atoms with E-state index in [0.29, 0.717) is 6.54 Å². The Morgan fingerprint density at radius 1 is 1.50 bits per heavy atom. The van der Waals surface area contributed by atoms with Crippen LogP contribution in [-0.4, -0.2) is 11.5 Å². The Balaban J connectivity index is 0.00000106. The second-order valence-electron chi connectivity index (χ2n) is 3.02. The lowest BCUT2D eigenvalue weighted by Crippen LogP contribution is -2.21. The molecule has 1 heterocycles. The maximum Gasteiger partial charge on any atom is 0.136 e. The number of rotatable bonds is 4. The van der Waals surface area contributed by atoms with Crippen molar-refractivity contribution >= 4 is 5.82 Å². The van der Waals surface area contributed by atoms with Gasteiger partial charge in [-0.1, -0.05) is 33.1 Å². The molecule has 0 unspecified atom stereocenters. The Bertz CT molecular complexity index is 328. The van der Waals surface area contributed by atoms with E-state index >= 15 is 0 Å². The molecule has 88 valence electrons. The quantitative estimate of drug-likeness (QED) is 0.846. The van der Waals surface area contributed by atoms with Gasteiger partial charge in [0.15, 0.2) is 0 Å². The maximum absolute atomic E-state index is 5.50. The molecule has 0 radical (unpaired) electrons.